The number of piperazine rings is 1. The van der Waals surface area contributed by atoms with Gasteiger partial charge in [-0.3, -0.25) is 4.79 Å². The highest BCUT2D eigenvalue weighted by molar-refractivity contribution is 5.77. The molecule has 0 spiro atoms. The first kappa shape index (κ1) is 17.4. The van der Waals surface area contributed by atoms with Gasteiger partial charge >= 0.3 is 0 Å². The van der Waals surface area contributed by atoms with Gasteiger partial charge in [0.05, 0.1) is 6.04 Å². The number of benzene rings is 1. The summed E-state index contributed by atoms with van der Waals surface area (Å²) in [4.78, 5) is 17.5. The molecule has 1 N–H and O–H groups in total. The van der Waals surface area contributed by atoms with E-state index in [1.165, 1.54) is 18.4 Å². The van der Waals surface area contributed by atoms with Crippen molar-refractivity contribution in [3.63, 3.8) is 0 Å². The zero-order valence-electron chi connectivity index (χ0n) is 15.1. The average molecular weight is 329 g/mol. The largest absolute Gasteiger partial charge is 0.333 e. The highest BCUT2D eigenvalue weighted by Gasteiger charge is 2.32. The molecule has 24 heavy (non-hydrogen) atoms. The molecule has 2 fully saturated rings. The molecular weight excluding hydrogens is 298 g/mol. The van der Waals surface area contributed by atoms with E-state index in [4.69, 9.17) is 0 Å². The second kappa shape index (κ2) is 8.13. The fourth-order valence-electron chi connectivity index (χ4n) is 4.10. The Morgan fingerprint density at radius 1 is 1.29 bits per heavy atom. The van der Waals surface area contributed by atoms with Gasteiger partial charge in [0.2, 0.25) is 5.91 Å². The van der Waals surface area contributed by atoms with Gasteiger partial charge in [0.15, 0.2) is 0 Å². The van der Waals surface area contributed by atoms with Gasteiger partial charge < -0.3 is 15.1 Å². The average Bonchev–Trinajstić information content (AvgIpc) is 2.63. The fourth-order valence-corrected chi connectivity index (χ4v) is 4.10. The SMILES string of the molecule is CC(CC(=O)N1CCN(C)CC1c1ccccc1)C1CCCNC1. The van der Waals surface area contributed by atoms with Crippen LogP contribution in [0.5, 0.6) is 0 Å². The van der Waals surface area contributed by atoms with Crippen molar-refractivity contribution in [1.29, 1.82) is 0 Å². The molecule has 1 aromatic rings. The summed E-state index contributed by atoms with van der Waals surface area (Å²) >= 11 is 0. The van der Waals surface area contributed by atoms with Crippen molar-refractivity contribution in [2.75, 3.05) is 39.8 Å². The molecule has 3 unspecified atom stereocenters. The second-order valence-electron chi connectivity index (χ2n) is 7.56. The Kier molecular flexibility index (Phi) is 5.90. The Labute approximate surface area is 146 Å². The van der Waals surface area contributed by atoms with Gasteiger partial charge in [-0.15, -0.1) is 0 Å². The number of hydrogen-bond donors (Lipinski definition) is 1. The number of hydrogen-bond acceptors (Lipinski definition) is 3. The van der Waals surface area contributed by atoms with E-state index in [1.807, 2.05) is 6.07 Å². The minimum Gasteiger partial charge on any atom is -0.333 e. The van der Waals surface area contributed by atoms with Crippen molar-refractivity contribution in [1.82, 2.24) is 15.1 Å². The lowest BCUT2D eigenvalue weighted by atomic mass is 9.85. The van der Waals surface area contributed by atoms with Crippen LogP contribution in [0.15, 0.2) is 30.3 Å². The summed E-state index contributed by atoms with van der Waals surface area (Å²) < 4.78 is 0. The number of piperidine rings is 1. The monoisotopic (exact) mass is 329 g/mol. The predicted octanol–water partition coefficient (Wildman–Crippen LogP) is 2.53. The lowest BCUT2D eigenvalue weighted by Crippen LogP contribution is -2.49. The van der Waals surface area contributed by atoms with E-state index in [-0.39, 0.29) is 6.04 Å². The van der Waals surface area contributed by atoms with Crippen LogP contribution in [0.3, 0.4) is 0 Å². The topological polar surface area (TPSA) is 35.6 Å². The van der Waals surface area contributed by atoms with Gasteiger partial charge in [-0.2, -0.15) is 0 Å². The molecule has 4 nitrogen and oxygen atoms in total. The molecule has 2 saturated heterocycles. The standard InChI is InChI=1S/C20H31N3O/c1-16(18-9-6-10-21-14-18)13-20(24)23-12-11-22(2)15-19(23)17-7-4-3-5-8-17/h3-5,7-8,16,18-19,21H,6,9-15H2,1-2H3. The summed E-state index contributed by atoms with van der Waals surface area (Å²) in [5.41, 5.74) is 1.25. The molecule has 3 atom stereocenters. The Bertz CT molecular complexity index is 527. The van der Waals surface area contributed by atoms with Crippen molar-refractivity contribution >= 4 is 5.91 Å². The zero-order chi connectivity index (χ0) is 16.9. The number of amides is 1. The van der Waals surface area contributed by atoms with Gasteiger partial charge in [0, 0.05) is 26.1 Å². The lowest BCUT2D eigenvalue weighted by Gasteiger charge is -2.41. The highest BCUT2D eigenvalue weighted by atomic mass is 16.2. The Morgan fingerprint density at radius 3 is 2.79 bits per heavy atom. The van der Waals surface area contributed by atoms with Crippen LogP contribution in [-0.2, 0) is 4.79 Å². The van der Waals surface area contributed by atoms with Crippen LogP contribution in [-0.4, -0.2) is 55.5 Å². The normalized spacial score (nSPS) is 27.0. The van der Waals surface area contributed by atoms with E-state index in [1.54, 1.807) is 0 Å². The molecule has 1 amide bonds. The Morgan fingerprint density at radius 2 is 2.08 bits per heavy atom. The van der Waals surface area contributed by atoms with Crippen LogP contribution in [0.2, 0.25) is 0 Å². The van der Waals surface area contributed by atoms with Crippen LogP contribution >= 0.6 is 0 Å². The van der Waals surface area contributed by atoms with Crippen molar-refractivity contribution in [3.05, 3.63) is 35.9 Å². The third-order valence-corrected chi connectivity index (χ3v) is 5.72. The minimum atomic E-state index is 0.189. The smallest absolute Gasteiger partial charge is 0.223 e. The van der Waals surface area contributed by atoms with Crippen molar-refractivity contribution < 1.29 is 4.79 Å². The fraction of sp³-hybridized carbons (Fsp3) is 0.650. The van der Waals surface area contributed by atoms with Gasteiger partial charge in [0.1, 0.15) is 0 Å². The summed E-state index contributed by atoms with van der Waals surface area (Å²) in [7, 11) is 2.15. The van der Waals surface area contributed by atoms with E-state index in [0.717, 1.165) is 32.7 Å². The van der Waals surface area contributed by atoms with Crippen LogP contribution in [0, 0.1) is 11.8 Å². The third-order valence-electron chi connectivity index (χ3n) is 5.72. The van der Waals surface area contributed by atoms with Gasteiger partial charge in [-0.1, -0.05) is 37.3 Å². The van der Waals surface area contributed by atoms with E-state index in [0.29, 0.717) is 24.2 Å². The molecular formula is C20H31N3O. The number of carbonyl (C=O) groups is 1. The van der Waals surface area contributed by atoms with Crippen LogP contribution < -0.4 is 5.32 Å². The molecule has 2 aliphatic heterocycles. The maximum absolute atomic E-state index is 13.0. The Hall–Kier alpha value is -1.39. The third kappa shape index (κ3) is 4.17. The maximum atomic E-state index is 13.0. The molecule has 0 aliphatic carbocycles. The van der Waals surface area contributed by atoms with E-state index >= 15 is 0 Å². The molecule has 2 aliphatic rings. The number of likely N-dealkylation sites (N-methyl/N-ethyl adjacent to an activating group) is 1. The molecule has 3 rings (SSSR count). The first-order chi connectivity index (χ1) is 11.6. The molecule has 2 heterocycles. The quantitative estimate of drug-likeness (QED) is 0.922. The summed E-state index contributed by atoms with van der Waals surface area (Å²) in [6, 6.07) is 10.7. The van der Waals surface area contributed by atoms with Gasteiger partial charge in [-0.05, 0) is 50.4 Å². The van der Waals surface area contributed by atoms with E-state index < -0.39 is 0 Å². The molecule has 132 valence electrons. The first-order valence-electron chi connectivity index (χ1n) is 9.39. The first-order valence-corrected chi connectivity index (χ1v) is 9.39. The predicted molar refractivity (Wildman–Crippen MR) is 97.8 cm³/mol. The van der Waals surface area contributed by atoms with Gasteiger partial charge in [-0.25, -0.2) is 0 Å². The number of carbonyl (C=O) groups excluding carboxylic acids is 1. The molecule has 0 radical (unpaired) electrons. The molecule has 0 bridgehead atoms. The van der Waals surface area contributed by atoms with Crippen molar-refractivity contribution in [3.8, 4) is 0 Å². The molecule has 4 heteroatoms. The Balaban J connectivity index is 1.67. The summed E-state index contributed by atoms with van der Waals surface area (Å²) in [5.74, 6) is 1.43. The molecule has 0 aromatic heterocycles. The summed E-state index contributed by atoms with van der Waals surface area (Å²) in [6.45, 7) is 7.18. The number of nitrogens with one attached hydrogen (secondary N) is 1. The van der Waals surface area contributed by atoms with Crippen LogP contribution in [0.25, 0.3) is 0 Å². The summed E-state index contributed by atoms with van der Waals surface area (Å²) in [5, 5.41) is 3.48. The van der Waals surface area contributed by atoms with Crippen molar-refractivity contribution in [2.24, 2.45) is 11.8 Å². The van der Waals surface area contributed by atoms with E-state index in [2.05, 4.69) is 53.4 Å². The molecule has 1 aromatic carbocycles. The number of rotatable bonds is 4. The maximum Gasteiger partial charge on any atom is 0.223 e. The molecule has 0 saturated carbocycles. The van der Waals surface area contributed by atoms with Crippen LogP contribution in [0.4, 0.5) is 0 Å². The minimum absolute atomic E-state index is 0.189. The summed E-state index contributed by atoms with van der Waals surface area (Å²) in [6.07, 6.45) is 3.18. The van der Waals surface area contributed by atoms with Crippen molar-refractivity contribution in [2.45, 2.75) is 32.2 Å². The van der Waals surface area contributed by atoms with Gasteiger partial charge in [0.25, 0.3) is 0 Å². The second-order valence-corrected chi connectivity index (χ2v) is 7.56. The van der Waals surface area contributed by atoms with Crippen LogP contribution in [0.1, 0.15) is 37.8 Å². The lowest BCUT2D eigenvalue weighted by molar-refractivity contribution is -0.137. The number of nitrogens with zero attached hydrogens (tertiary/aromatic N) is 2. The highest BCUT2D eigenvalue weighted by Crippen LogP contribution is 2.28. The van der Waals surface area contributed by atoms with E-state index in [9.17, 15) is 4.79 Å². The zero-order valence-corrected chi connectivity index (χ0v) is 15.1.